The van der Waals surface area contributed by atoms with Crippen LogP contribution in [0.15, 0.2) is 88.3 Å². The van der Waals surface area contributed by atoms with E-state index >= 15 is 0 Å². The zero-order valence-corrected chi connectivity index (χ0v) is 18.1. The fourth-order valence-corrected chi connectivity index (χ4v) is 3.63. The first kappa shape index (κ1) is 21.1. The van der Waals surface area contributed by atoms with Gasteiger partial charge in [-0.3, -0.25) is 19.1 Å². The summed E-state index contributed by atoms with van der Waals surface area (Å²) in [5.74, 6) is 0.870. The van der Waals surface area contributed by atoms with E-state index in [1.165, 1.54) is 10.6 Å². The highest BCUT2D eigenvalue weighted by molar-refractivity contribution is 5.95. The van der Waals surface area contributed by atoms with Gasteiger partial charge >= 0.3 is 0 Å². The number of anilines is 1. The van der Waals surface area contributed by atoms with Gasteiger partial charge in [0.1, 0.15) is 18.0 Å². The maximum absolute atomic E-state index is 13.0. The Bertz CT molecular complexity index is 1530. The van der Waals surface area contributed by atoms with E-state index < -0.39 is 0 Å². The van der Waals surface area contributed by atoms with Crippen molar-refractivity contribution < 1.29 is 14.1 Å². The summed E-state index contributed by atoms with van der Waals surface area (Å²) in [7, 11) is 1.57. The number of hydrogen-bond acceptors (Lipinski definition) is 7. The van der Waals surface area contributed by atoms with Crippen LogP contribution in [-0.2, 0) is 11.3 Å². The van der Waals surface area contributed by atoms with Crippen molar-refractivity contribution in [3.63, 3.8) is 0 Å². The number of aromatic nitrogens is 4. The summed E-state index contributed by atoms with van der Waals surface area (Å²) in [5.41, 5.74) is 1.86. The number of nitrogens with one attached hydrogen (secondary N) is 1. The number of carbonyl (C=O) groups excluding carboxylic acids is 1. The third-order valence-electron chi connectivity index (χ3n) is 5.24. The molecular formula is C25H19N5O4. The molecule has 9 nitrogen and oxygen atoms in total. The predicted molar refractivity (Wildman–Crippen MR) is 126 cm³/mol. The number of ether oxygens (including phenoxy) is 1. The number of para-hydroxylation sites is 1. The van der Waals surface area contributed by atoms with Crippen LogP contribution in [0.5, 0.6) is 5.75 Å². The molecule has 9 heteroatoms. The molecule has 5 rings (SSSR count). The largest absolute Gasteiger partial charge is 0.497 e. The van der Waals surface area contributed by atoms with Gasteiger partial charge in [0.2, 0.25) is 11.7 Å². The van der Waals surface area contributed by atoms with E-state index in [1.54, 1.807) is 61.8 Å². The molecule has 1 amide bonds. The van der Waals surface area contributed by atoms with Crippen LogP contribution in [0, 0.1) is 0 Å². The molecule has 3 aromatic heterocycles. The van der Waals surface area contributed by atoms with Gasteiger partial charge in [0.05, 0.1) is 18.2 Å². The van der Waals surface area contributed by atoms with Gasteiger partial charge in [-0.15, -0.1) is 0 Å². The van der Waals surface area contributed by atoms with E-state index in [-0.39, 0.29) is 23.9 Å². The Hall–Kier alpha value is -4.79. The van der Waals surface area contributed by atoms with E-state index in [4.69, 9.17) is 9.26 Å². The molecule has 3 heterocycles. The lowest BCUT2D eigenvalue weighted by Crippen LogP contribution is -2.27. The summed E-state index contributed by atoms with van der Waals surface area (Å²) in [6.45, 7) is -0.158. The predicted octanol–water partition coefficient (Wildman–Crippen LogP) is 3.76. The van der Waals surface area contributed by atoms with Gasteiger partial charge in [-0.1, -0.05) is 29.4 Å². The molecule has 2 aromatic carbocycles. The number of hydrogen-bond donors (Lipinski definition) is 1. The third kappa shape index (κ3) is 4.14. The molecule has 0 saturated heterocycles. The Morgan fingerprint density at radius 3 is 2.62 bits per heavy atom. The van der Waals surface area contributed by atoms with Gasteiger partial charge in [0, 0.05) is 23.3 Å². The smallest absolute Gasteiger partial charge is 0.259 e. The Labute approximate surface area is 193 Å². The maximum Gasteiger partial charge on any atom is 0.259 e. The number of methoxy groups -OCH3 is 1. The second-order valence-corrected chi connectivity index (χ2v) is 7.41. The SMILES string of the molecule is COc1ccc(NC(=O)Cn2c(=O)cc(-c3nc(-c4ccccn4)no3)c3ccccc32)cc1. The van der Waals surface area contributed by atoms with Crippen molar-refractivity contribution in [1.29, 1.82) is 0 Å². The molecule has 0 radical (unpaired) electrons. The molecule has 0 aliphatic rings. The number of benzene rings is 2. The number of fused-ring (bicyclic) bond motifs is 1. The van der Waals surface area contributed by atoms with Crippen LogP contribution in [0.1, 0.15) is 0 Å². The molecule has 0 atom stereocenters. The van der Waals surface area contributed by atoms with Crippen molar-refractivity contribution in [2.24, 2.45) is 0 Å². The molecule has 1 N–H and O–H groups in total. The van der Waals surface area contributed by atoms with E-state index in [1.807, 2.05) is 18.2 Å². The average Bonchev–Trinajstić information content (AvgIpc) is 3.37. The van der Waals surface area contributed by atoms with Crippen LogP contribution in [0.25, 0.3) is 33.9 Å². The van der Waals surface area contributed by atoms with Crippen LogP contribution < -0.4 is 15.6 Å². The molecule has 0 aliphatic carbocycles. The first-order valence-corrected chi connectivity index (χ1v) is 10.4. The first-order chi connectivity index (χ1) is 16.6. The third-order valence-corrected chi connectivity index (χ3v) is 5.24. The van der Waals surface area contributed by atoms with Crippen LogP contribution in [-0.4, -0.2) is 32.7 Å². The Morgan fingerprint density at radius 1 is 1.06 bits per heavy atom. The van der Waals surface area contributed by atoms with Gasteiger partial charge in [0.25, 0.3) is 11.4 Å². The minimum atomic E-state index is -0.365. The number of rotatable bonds is 6. The van der Waals surface area contributed by atoms with Crippen molar-refractivity contribution in [3.8, 4) is 28.7 Å². The fraction of sp³-hybridized carbons (Fsp3) is 0.0800. The highest BCUT2D eigenvalue weighted by atomic mass is 16.5. The second kappa shape index (κ2) is 8.99. The molecular weight excluding hydrogens is 434 g/mol. The maximum atomic E-state index is 13.0. The first-order valence-electron chi connectivity index (χ1n) is 10.4. The summed E-state index contributed by atoms with van der Waals surface area (Å²) in [5, 5.41) is 7.50. The van der Waals surface area contributed by atoms with E-state index in [9.17, 15) is 9.59 Å². The normalized spacial score (nSPS) is 10.9. The zero-order chi connectivity index (χ0) is 23.5. The van der Waals surface area contributed by atoms with Gasteiger partial charge in [-0.2, -0.15) is 4.98 Å². The van der Waals surface area contributed by atoms with Crippen molar-refractivity contribution >= 4 is 22.5 Å². The quantitative estimate of drug-likeness (QED) is 0.417. The van der Waals surface area contributed by atoms with Gasteiger partial charge in [-0.05, 0) is 42.5 Å². The fourth-order valence-electron chi connectivity index (χ4n) is 3.63. The lowest BCUT2D eigenvalue weighted by Gasteiger charge is -2.12. The molecule has 34 heavy (non-hydrogen) atoms. The van der Waals surface area contributed by atoms with Crippen LogP contribution in [0.2, 0.25) is 0 Å². The van der Waals surface area contributed by atoms with Crippen LogP contribution in [0.4, 0.5) is 5.69 Å². The van der Waals surface area contributed by atoms with Gasteiger partial charge < -0.3 is 14.6 Å². The van der Waals surface area contributed by atoms with E-state index in [0.717, 1.165) is 0 Å². The minimum Gasteiger partial charge on any atom is -0.497 e. The Kier molecular flexibility index (Phi) is 5.57. The standard InChI is InChI=1S/C25H19N5O4/c1-33-17-11-9-16(10-12-17)27-22(31)15-30-21-8-3-2-6-18(21)19(14-23(30)32)25-28-24(29-34-25)20-7-4-5-13-26-20/h2-14H,15H2,1H3,(H,27,31). The summed E-state index contributed by atoms with van der Waals surface area (Å²) in [4.78, 5) is 34.4. The number of amides is 1. The summed E-state index contributed by atoms with van der Waals surface area (Å²) < 4.78 is 12.0. The van der Waals surface area contributed by atoms with Crippen LogP contribution in [0.3, 0.4) is 0 Å². The van der Waals surface area contributed by atoms with Crippen LogP contribution >= 0.6 is 0 Å². The average molecular weight is 453 g/mol. The summed E-state index contributed by atoms with van der Waals surface area (Å²) in [6.07, 6.45) is 1.64. The molecule has 0 unspecified atom stereocenters. The van der Waals surface area contributed by atoms with Gasteiger partial charge in [0.15, 0.2) is 0 Å². The number of nitrogens with zero attached hydrogens (tertiary/aromatic N) is 4. The molecule has 0 fully saturated rings. The van der Waals surface area contributed by atoms with Crippen molar-refractivity contribution in [3.05, 3.63) is 89.3 Å². The summed E-state index contributed by atoms with van der Waals surface area (Å²) in [6, 6.07) is 21.0. The summed E-state index contributed by atoms with van der Waals surface area (Å²) >= 11 is 0. The monoisotopic (exact) mass is 453 g/mol. The highest BCUT2D eigenvalue weighted by Crippen LogP contribution is 2.27. The molecule has 5 aromatic rings. The highest BCUT2D eigenvalue weighted by Gasteiger charge is 2.18. The molecule has 0 aliphatic heterocycles. The molecule has 0 bridgehead atoms. The second-order valence-electron chi connectivity index (χ2n) is 7.41. The molecule has 0 spiro atoms. The Morgan fingerprint density at radius 2 is 1.85 bits per heavy atom. The lowest BCUT2D eigenvalue weighted by molar-refractivity contribution is -0.116. The van der Waals surface area contributed by atoms with E-state index in [2.05, 4.69) is 20.4 Å². The molecule has 168 valence electrons. The lowest BCUT2D eigenvalue weighted by atomic mass is 10.1. The zero-order valence-electron chi connectivity index (χ0n) is 18.1. The van der Waals surface area contributed by atoms with Gasteiger partial charge in [-0.25, -0.2) is 0 Å². The number of pyridine rings is 2. The van der Waals surface area contributed by atoms with Crippen molar-refractivity contribution in [2.45, 2.75) is 6.54 Å². The van der Waals surface area contributed by atoms with Crippen molar-refractivity contribution in [1.82, 2.24) is 19.7 Å². The topological polar surface area (TPSA) is 112 Å². The minimum absolute atomic E-state index is 0.158. The van der Waals surface area contributed by atoms with E-state index in [0.29, 0.717) is 39.4 Å². The Balaban J connectivity index is 1.48. The van der Waals surface area contributed by atoms with Crippen molar-refractivity contribution in [2.75, 3.05) is 12.4 Å². The molecule has 0 saturated carbocycles. The number of carbonyl (C=O) groups is 1.